The molecular formula is C9H14O3. The van der Waals surface area contributed by atoms with Crippen molar-refractivity contribution in [2.75, 3.05) is 19.8 Å². The van der Waals surface area contributed by atoms with Gasteiger partial charge in [0, 0.05) is 6.61 Å². The number of ether oxygens (including phenoxy) is 2. The highest BCUT2D eigenvalue weighted by Crippen LogP contribution is 2.08. The highest BCUT2D eigenvalue weighted by atomic mass is 16.5. The summed E-state index contributed by atoms with van der Waals surface area (Å²) in [6, 6.07) is 0. The molecule has 3 heteroatoms. The number of carbonyl (C=O) groups excluding carboxylic acids is 1. The van der Waals surface area contributed by atoms with E-state index in [9.17, 15) is 4.79 Å². The molecule has 0 N–H and O–H groups in total. The Hall–Kier alpha value is -0.830. The largest absolute Gasteiger partial charge is 0.462 e. The number of carbonyl (C=O) groups is 1. The summed E-state index contributed by atoms with van der Waals surface area (Å²) in [6.45, 7) is 7.08. The van der Waals surface area contributed by atoms with E-state index in [2.05, 4.69) is 13.5 Å². The number of hydrogen-bond acceptors (Lipinski definition) is 3. The fourth-order valence-corrected chi connectivity index (χ4v) is 0.980. The van der Waals surface area contributed by atoms with Crippen molar-refractivity contribution in [3.63, 3.8) is 0 Å². The fraction of sp³-hybridized carbons (Fsp3) is 0.667. The van der Waals surface area contributed by atoms with Crippen molar-refractivity contribution in [1.29, 1.82) is 0 Å². The quantitative estimate of drug-likeness (QED) is 0.404. The molecule has 0 aromatic heterocycles. The third-order valence-electron chi connectivity index (χ3n) is 1.81. The number of rotatable bonds is 0. The maximum Gasteiger partial charge on any atom is 0.335 e. The lowest BCUT2D eigenvalue weighted by Gasteiger charge is -2.07. The standard InChI is InChI=1S/C9H14O3/c1-7-3-4-12-9(10)8(2)6-11-5-7/h7H,2-6H2,1H3. The molecular weight excluding hydrogens is 156 g/mol. The van der Waals surface area contributed by atoms with Crippen LogP contribution in [0.3, 0.4) is 0 Å². The van der Waals surface area contributed by atoms with Crippen LogP contribution in [0.5, 0.6) is 0 Å². The molecule has 1 unspecified atom stereocenters. The van der Waals surface area contributed by atoms with Gasteiger partial charge in [-0.2, -0.15) is 0 Å². The summed E-state index contributed by atoms with van der Waals surface area (Å²) in [5, 5.41) is 0. The second-order valence-corrected chi connectivity index (χ2v) is 3.15. The first-order valence-electron chi connectivity index (χ1n) is 4.13. The summed E-state index contributed by atoms with van der Waals surface area (Å²) >= 11 is 0. The lowest BCUT2D eigenvalue weighted by atomic mass is 10.1. The Labute approximate surface area is 72.4 Å². The van der Waals surface area contributed by atoms with E-state index < -0.39 is 0 Å². The van der Waals surface area contributed by atoms with E-state index in [1.165, 1.54) is 0 Å². The van der Waals surface area contributed by atoms with Gasteiger partial charge in [-0.1, -0.05) is 13.5 Å². The van der Waals surface area contributed by atoms with Gasteiger partial charge in [-0.05, 0) is 12.3 Å². The van der Waals surface area contributed by atoms with Gasteiger partial charge < -0.3 is 9.47 Å². The maximum atomic E-state index is 11.0. The molecule has 68 valence electrons. The van der Waals surface area contributed by atoms with E-state index in [1.54, 1.807) is 0 Å². The smallest absolute Gasteiger partial charge is 0.335 e. The van der Waals surface area contributed by atoms with Crippen LogP contribution in [0.25, 0.3) is 0 Å². The van der Waals surface area contributed by atoms with Crippen LogP contribution in [0, 0.1) is 5.92 Å². The van der Waals surface area contributed by atoms with Gasteiger partial charge in [0.15, 0.2) is 0 Å². The summed E-state index contributed by atoms with van der Waals surface area (Å²) < 4.78 is 10.2. The number of hydrogen-bond donors (Lipinski definition) is 0. The maximum absolute atomic E-state index is 11.0. The number of esters is 1. The monoisotopic (exact) mass is 170 g/mol. The lowest BCUT2D eigenvalue weighted by Crippen LogP contribution is -2.10. The first-order chi connectivity index (χ1) is 5.70. The molecule has 1 heterocycles. The molecule has 3 nitrogen and oxygen atoms in total. The van der Waals surface area contributed by atoms with E-state index in [0.29, 0.717) is 31.3 Å². The van der Waals surface area contributed by atoms with Crippen molar-refractivity contribution in [2.45, 2.75) is 13.3 Å². The third kappa shape index (κ3) is 2.66. The van der Waals surface area contributed by atoms with Crippen LogP contribution in [-0.4, -0.2) is 25.8 Å². The van der Waals surface area contributed by atoms with E-state index in [4.69, 9.17) is 9.47 Å². The molecule has 0 radical (unpaired) electrons. The van der Waals surface area contributed by atoms with Crippen LogP contribution >= 0.6 is 0 Å². The predicted molar refractivity (Wildman–Crippen MR) is 44.7 cm³/mol. The molecule has 1 fully saturated rings. The molecule has 1 rings (SSSR count). The summed E-state index contributed by atoms with van der Waals surface area (Å²) in [5.74, 6) is 0.118. The van der Waals surface area contributed by atoms with Crippen LogP contribution in [0.15, 0.2) is 12.2 Å². The Morgan fingerprint density at radius 2 is 2.33 bits per heavy atom. The van der Waals surface area contributed by atoms with Crippen molar-refractivity contribution in [3.05, 3.63) is 12.2 Å². The summed E-state index contributed by atoms with van der Waals surface area (Å²) in [5.41, 5.74) is 0.407. The molecule has 12 heavy (non-hydrogen) atoms. The first kappa shape index (κ1) is 9.26. The van der Waals surface area contributed by atoms with Gasteiger partial charge in [-0.3, -0.25) is 0 Å². The molecule has 0 spiro atoms. The molecule has 1 aliphatic rings. The Kier molecular flexibility index (Phi) is 3.29. The SMILES string of the molecule is C=C1COCC(C)CCOC1=O. The van der Waals surface area contributed by atoms with Crippen molar-refractivity contribution < 1.29 is 14.3 Å². The first-order valence-corrected chi connectivity index (χ1v) is 4.13. The molecule has 0 aliphatic carbocycles. The van der Waals surface area contributed by atoms with E-state index in [-0.39, 0.29) is 5.97 Å². The van der Waals surface area contributed by atoms with E-state index in [1.807, 2.05) is 0 Å². The average molecular weight is 170 g/mol. The fourth-order valence-electron chi connectivity index (χ4n) is 0.980. The minimum Gasteiger partial charge on any atom is -0.462 e. The van der Waals surface area contributed by atoms with Gasteiger partial charge >= 0.3 is 5.97 Å². The second kappa shape index (κ2) is 4.26. The highest BCUT2D eigenvalue weighted by Gasteiger charge is 2.13. The van der Waals surface area contributed by atoms with E-state index in [0.717, 1.165) is 6.42 Å². The lowest BCUT2D eigenvalue weighted by molar-refractivity contribution is -0.139. The van der Waals surface area contributed by atoms with Gasteiger partial charge in [-0.25, -0.2) is 4.79 Å². The van der Waals surface area contributed by atoms with Gasteiger partial charge in [0.1, 0.15) is 0 Å². The normalized spacial score (nSPS) is 26.9. The van der Waals surface area contributed by atoms with Crippen molar-refractivity contribution >= 4 is 5.97 Å². The van der Waals surface area contributed by atoms with Crippen LogP contribution in [0.4, 0.5) is 0 Å². The minimum absolute atomic E-state index is 0.295. The Morgan fingerprint density at radius 1 is 1.58 bits per heavy atom. The van der Waals surface area contributed by atoms with Crippen LogP contribution in [0.2, 0.25) is 0 Å². The highest BCUT2D eigenvalue weighted by molar-refractivity contribution is 5.87. The second-order valence-electron chi connectivity index (χ2n) is 3.15. The van der Waals surface area contributed by atoms with Gasteiger partial charge in [0.2, 0.25) is 0 Å². The molecule has 0 aromatic rings. The van der Waals surface area contributed by atoms with Crippen molar-refractivity contribution in [1.82, 2.24) is 0 Å². The van der Waals surface area contributed by atoms with Crippen LogP contribution in [-0.2, 0) is 14.3 Å². The molecule has 0 aromatic carbocycles. The van der Waals surface area contributed by atoms with Gasteiger partial charge in [0.25, 0.3) is 0 Å². The number of cyclic esters (lactones) is 1. The summed E-state index contributed by atoms with van der Waals surface area (Å²) in [4.78, 5) is 11.0. The zero-order valence-corrected chi connectivity index (χ0v) is 7.34. The van der Waals surface area contributed by atoms with Crippen LogP contribution < -0.4 is 0 Å². The van der Waals surface area contributed by atoms with Gasteiger partial charge in [0.05, 0.1) is 18.8 Å². The molecule has 0 bridgehead atoms. The molecule has 0 saturated carbocycles. The van der Waals surface area contributed by atoms with E-state index >= 15 is 0 Å². The Morgan fingerprint density at radius 3 is 3.08 bits per heavy atom. The zero-order valence-electron chi connectivity index (χ0n) is 7.34. The average Bonchev–Trinajstić information content (AvgIpc) is 2.08. The molecule has 1 atom stereocenters. The zero-order chi connectivity index (χ0) is 8.97. The van der Waals surface area contributed by atoms with Crippen molar-refractivity contribution in [3.8, 4) is 0 Å². The van der Waals surface area contributed by atoms with Crippen molar-refractivity contribution in [2.24, 2.45) is 5.92 Å². The third-order valence-corrected chi connectivity index (χ3v) is 1.81. The molecule has 1 saturated heterocycles. The molecule has 1 aliphatic heterocycles. The summed E-state index contributed by atoms with van der Waals surface area (Å²) in [6.07, 6.45) is 0.860. The minimum atomic E-state index is -0.330. The molecule has 0 amide bonds. The Balaban J connectivity index is 2.47. The van der Waals surface area contributed by atoms with Crippen LogP contribution in [0.1, 0.15) is 13.3 Å². The van der Waals surface area contributed by atoms with Gasteiger partial charge in [-0.15, -0.1) is 0 Å². The topological polar surface area (TPSA) is 35.5 Å². The summed E-state index contributed by atoms with van der Waals surface area (Å²) in [7, 11) is 0. The predicted octanol–water partition coefficient (Wildman–Crippen LogP) is 1.14. The Bertz CT molecular complexity index is 166.